The number of hydrogen-bond donors (Lipinski definition) is 3. The minimum Gasteiger partial charge on any atom is -0.474 e. The quantitative estimate of drug-likeness (QED) is 0.759. The molecule has 2 aromatic heterocycles. The average molecular weight is 314 g/mol. The highest BCUT2D eigenvalue weighted by molar-refractivity contribution is 5.61. The van der Waals surface area contributed by atoms with Gasteiger partial charge in [-0.15, -0.1) is 0 Å². The second-order valence-electron chi connectivity index (χ2n) is 6.37. The number of aliphatic hydroxyl groups is 1. The van der Waals surface area contributed by atoms with Gasteiger partial charge in [-0.25, -0.2) is 4.98 Å². The number of nitrogens with zero attached hydrogens (tertiary/aromatic N) is 2. The van der Waals surface area contributed by atoms with E-state index in [1.165, 1.54) is 0 Å². The molecule has 3 N–H and O–H groups in total. The summed E-state index contributed by atoms with van der Waals surface area (Å²) in [5, 5.41) is 22.4. The number of aromatic amines is 1. The van der Waals surface area contributed by atoms with E-state index >= 15 is 0 Å². The zero-order chi connectivity index (χ0) is 16.9. The molecular weight excluding hydrogens is 292 g/mol. The Balaban J connectivity index is 1.99. The topological polar surface area (TPSA) is 94.0 Å². The Labute approximate surface area is 136 Å². The van der Waals surface area contributed by atoms with Gasteiger partial charge in [0.1, 0.15) is 24.3 Å². The molecule has 0 aromatic carbocycles. The fourth-order valence-corrected chi connectivity index (χ4v) is 1.96. The second-order valence-corrected chi connectivity index (χ2v) is 6.37. The smallest absolute Gasteiger partial charge is 0.231 e. The number of ether oxygens (including phenoxy) is 1. The molecule has 2 aromatic rings. The van der Waals surface area contributed by atoms with Gasteiger partial charge in [-0.2, -0.15) is 5.26 Å². The Kier molecular flexibility index (Phi) is 5.37. The van der Waals surface area contributed by atoms with Crippen LogP contribution in [-0.4, -0.2) is 39.9 Å². The van der Waals surface area contributed by atoms with E-state index in [-0.39, 0.29) is 18.0 Å². The summed E-state index contributed by atoms with van der Waals surface area (Å²) < 4.78 is 5.49. The van der Waals surface area contributed by atoms with Crippen molar-refractivity contribution in [1.82, 2.24) is 15.3 Å². The molecule has 0 saturated carbocycles. The molecular formula is C17H22N4O2. The van der Waals surface area contributed by atoms with Gasteiger partial charge < -0.3 is 20.1 Å². The van der Waals surface area contributed by atoms with E-state index in [1.807, 2.05) is 39.1 Å². The van der Waals surface area contributed by atoms with Crippen LogP contribution in [0.5, 0.6) is 5.88 Å². The summed E-state index contributed by atoms with van der Waals surface area (Å²) in [7, 11) is 0. The lowest BCUT2D eigenvalue weighted by Gasteiger charge is -2.22. The van der Waals surface area contributed by atoms with Gasteiger partial charge in [0, 0.05) is 35.7 Å². The molecule has 2 rings (SSSR count). The van der Waals surface area contributed by atoms with Gasteiger partial charge in [-0.3, -0.25) is 0 Å². The monoisotopic (exact) mass is 314 g/mol. The summed E-state index contributed by atoms with van der Waals surface area (Å²) in [6.45, 7) is 6.55. The average Bonchev–Trinajstić information content (AvgIpc) is 3.04. The molecule has 0 bridgehead atoms. The Morgan fingerprint density at radius 2 is 2.26 bits per heavy atom. The number of aromatic nitrogens is 2. The molecule has 0 fully saturated rings. The van der Waals surface area contributed by atoms with Gasteiger partial charge in [-0.05, 0) is 39.0 Å². The molecule has 6 heteroatoms. The summed E-state index contributed by atoms with van der Waals surface area (Å²) in [4.78, 5) is 7.26. The third-order valence-electron chi connectivity index (χ3n) is 3.16. The minimum atomic E-state index is -0.675. The number of H-pyrrole nitrogens is 1. The van der Waals surface area contributed by atoms with Gasteiger partial charge in [-0.1, -0.05) is 0 Å². The van der Waals surface area contributed by atoms with E-state index in [0.29, 0.717) is 12.1 Å². The fourth-order valence-electron chi connectivity index (χ4n) is 1.96. The summed E-state index contributed by atoms with van der Waals surface area (Å²) in [5.41, 5.74) is 1.96. The standard InChI is InChI=1S/C17H22N4O2/c1-17(2,3)21-10-14(22)11-23-16-12(8-18)7-13(9-20-16)15-5-4-6-19-15/h4-7,9,14,19,21-22H,10-11H2,1-3H3/t14-/m0/s1. The minimum absolute atomic E-state index is 0.0747. The molecule has 1 atom stereocenters. The molecule has 0 aliphatic carbocycles. The van der Waals surface area contributed by atoms with Gasteiger partial charge in [0.15, 0.2) is 0 Å². The van der Waals surface area contributed by atoms with Gasteiger partial charge in [0.05, 0.1) is 0 Å². The summed E-state index contributed by atoms with van der Waals surface area (Å²) >= 11 is 0. The van der Waals surface area contributed by atoms with E-state index in [9.17, 15) is 10.4 Å². The fraction of sp³-hybridized carbons (Fsp3) is 0.412. The molecule has 6 nitrogen and oxygen atoms in total. The highest BCUT2D eigenvalue weighted by Crippen LogP contribution is 2.22. The Bertz CT molecular complexity index is 669. The number of pyridine rings is 1. The van der Waals surface area contributed by atoms with Crippen molar-refractivity contribution >= 4 is 0 Å². The van der Waals surface area contributed by atoms with Crippen molar-refractivity contribution in [2.75, 3.05) is 13.2 Å². The Morgan fingerprint density at radius 1 is 1.48 bits per heavy atom. The van der Waals surface area contributed by atoms with Crippen molar-refractivity contribution in [3.8, 4) is 23.2 Å². The predicted molar refractivity (Wildman–Crippen MR) is 88.0 cm³/mol. The van der Waals surface area contributed by atoms with E-state index in [4.69, 9.17) is 4.74 Å². The van der Waals surface area contributed by atoms with Crippen LogP contribution in [0.2, 0.25) is 0 Å². The first-order valence-electron chi connectivity index (χ1n) is 7.49. The van der Waals surface area contributed by atoms with Crippen LogP contribution in [0.3, 0.4) is 0 Å². The van der Waals surface area contributed by atoms with Crippen molar-refractivity contribution in [3.63, 3.8) is 0 Å². The largest absolute Gasteiger partial charge is 0.474 e. The summed E-state index contributed by atoms with van der Waals surface area (Å²) in [6.07, 6.45) is 2.78. The Hall–Kier alpha value is -2.36. The van der Waals surface area contributed by atoms with Crippen molar-refractivity contribution in [1.29, 1.82) is 5.26 Å². The van der Waals surface area contributed by atoms with Crippen molar-refractivity contribution < 1.29 is 9.84 Å². The van der Waals surface area contributed by atoms with E-state index in [0.717, 1.165) is 11.3 Å². The number of aliphatic hydroxyl groups excluding tert-OH is 1. The van der Waals surface area contributed by atoms with Crippen molar-refractivity contribution in [2.24, 2.45) is 0 Å². The van der Waals surface area contributed by atoms with Crippen LogP contribution in [0.1, 0.15) is 26.3 Å². The van der Waals surface area contributed by atoms with Crippen LogP contribution >= 0.6 is 0 Å². The third kappa shape index (κ3) is 5.09. The highest BCUT2D eigenvalue weighted by Gasteiger charge is 2.14. The van der Waals surface area contributed by atoms with Crippen LogP contribution < -0.4 is 10.1 Å². The maximum absolute atomic E-state index is 9.94. The molecule has 0 radical (unpaired) electrons. The zero-order valence-corrected chi connectivity index (χ0v) is 13.6. The molecule has 23 heavy (non-hydrogen) atoms. The lowest BCUT2D eigenvalue weighted by molar-refractivity contribution is 0.0976. The maximum atomic E-state index is 9.94. The first-order chi connectivity index (χ1) is 10.9. The van der Waals surface area contributed by atoms with Crippen LogP contribution in [0, 0.1) is 11.3 Å². The number of hydrogen-bond acceptors (Lipinski definition) is 5. The van der Waals surface area contributed by atoms with Crippen molar-refractivity contribution in [2.45, 2.75) is 32.4 Å². The normalized spacial score (nSPS) is 12.7. The number of nitriles is 1. The molecule has 0 aliphatic heterocycles. The first-order valence-corrected chi connectivity index (χ1v) is 7.49. The molecule has 0 amide bonds. The van der Waals surface area contributed by atoms with Gasteiger partial charge >= 0.3 is 0 Å². The number of rotatable bonds is 6. The van der Waals surface area contributed by atoms with Gasteiger partial charge in [0.25, 0.3) is 0 Å². The number of nitrogens with one attached hydrogen (secondary N) is 2. The van der Waals surface area contributed by atoms with Crippen LogP contribution in [-0.2, 0) is 0 Å². The SMILES string of the molecule is CC(C)(C)NC[C@H](O)COc1ncc(-c2ccc[nH]2)cc1C#N. The lowest BCUT2D eigenvalue weighted by atomic mass is 10.1. The highest BCUT2D eigenvalue weighted by atomic mass is 16.5. The zero-order valence-electron chi connectivity index (χ0n) is 13.6. The van der Waals surface area contributed by atoms with Crippen LogP contribution in [0.25, 0.3) is 11.3 Å². The van der Waals surface area contributed by atoms with Crippen LogP contribution in [0.4, 0.5) is 0 Å². The summed E-state index contributed by atoms with van der Waals surface area (Å²) in [6, 6.07) is 7.58. The van der Waals surface area contributed by atoms with E-state index < -0.39 is 6.10 Å². The molecule has 0 aliphatic rings. The molecule has 2 heterocycles. The predicted octanol–water partition coefficient (Wildman–Crippen LogP) is 2.08. The molecule has 122 valence electrons. The Morgan fingerprint density at radius 3 is 2.87 bits per heavy atom. The lowest BCUT2D eigenvalue weighted by Crippen LogP contribution is -2.42. The third-order valence-corrected chi connectivity index (χ3v) is 3.16. The maximum Gasteiger partial charge on any atom is 0.231 e. The van der Waals surface area contributed by atoms with Crippen LogP contribution in [0.15, 0.2) is 30.6 Å². The van der Waals surface area contributed by atoms with Crippen molar-refractivity contribution in [3.05, 3.63) is 36.2 Å². The second kappa shape index (κ2) is 7.27. The molecule has 0 spiro atoms. The molecule has 0 saturated heterocycles. The van der Waals surface area contributed by atoms with E-state index in [2.05, 4.69) is 21.4 Å². The first kappa shape index (κ1) is 17.0. The van der Waals surface area contributed by atoms with E-state index in [1.54, 1.807) is 12.3 Å². The molecule has 0 unspecified atom stereocenters. The summed E-state index contributed by atoms with van der Waals surface area (Å²) in [5.74, 6) is 0.234. The number of β-amino-alcohol motifs (C(OH)–C–C–N with tert-alkyl or cyclic N) is 1. The van der Waals surface area contributed by atoms with Gasteiger partial charge in [0.2, 0.25) is 5.88 Å².